The van der Waals surface area contributed by atoms with E-state index in [1.54, 1.807) is 29.1 Å². The average molecular weight is 434 g/mol. The largest absolute Gasteiger partial charge is 0.467 e. The number of carbonyl (C=O) groups excluding carboxylic acids is 2. The van der Waals surface area contributed by atoms with Crippen LogP contribution in [0.2, 0.25) is 0 Å². The van der Waals surface area contributed by atoms with Gasteiger partial charge >= 0.3 is 5.97 Å². The van der Waals surface area contributed by atoms with Crippen LogP contribution in [0, 0.1) is 11.6 Å². The minimum Gasteiger partial charge on any atom is -0.467 e. The zero-order chi connectivity index (χ0) is 21.7. The molecule has 1 aromatic carbocycles. The Balaban J connectivity index is 2.01. The smallest absolute Gasteiger partial charge is 0.328 e. The van der Waals surface area contributed by atoms with E-state index in [4.69, 9.17) is 4.74 Å². The van der Waals surface area contributed by atoms with Gasteiger partial charge in [0.1, 0.15) is 23.2 Å². The number of halogens is 2. The molecular weight excluding hydrogens is 414 g/mol. The van der Waals surface area contributed by atoms with E-state index < -0.39 is 29.6 Å². The number of aromatic nitrogens is 3. The van der Waals surface area contributed by atoms with Crippen molar-refractivity contribution in [2.45, 2.75) is 12.5 Å². The van der Waals surface area contributed by atoms with E-state index in [-0.39, 0.29) is 17.1 Å². The topological polar surface area (TPSA) is 78.2 Å². The highest BCUT2D eigenvalue weighted by Gasteiger charge is 2.26. The second kappa shape index (κ2) is 9.57. The van der Waals surface area contributed by atoms with Gasteiger partial charge in [-0.15, -0.1) is 0 Å². The molecular formula is C20H20F2N4O3S. The third-order valence-corrected chi connectivity index (χ3v) is 4.97. The summed E-state index contributed by atoms with van der Waals surface area (Å²) in [4.78, 5) is 25.0. The Bertz CT molecular complexity index is 1020. The van der Waals surface area contributed by atoms with Crippen LogP contribution < -0.4 is 5.32 Å². The van der Waals surface area contributed by atoms with E-state index in [2.05, 4.69) is 10.4 Å². The van der Waals surface area contributed by atoms with E-state index >= 15 is 0 Å². The summed E-state index contributed by atoms with van der Waals surface area (Å²) in [7, 11) is 1.25. The van der Waals surface area contributed by atoms with Crippen LogP contribution in [-0.4, -0.2) is 51.4 Å². The lowest BCUT2D eigenvalue weighted by Gasteiger charge is -2.16. The molecule has 0 aliphatic rings. The molecule has 2 aromatic heterocycles. The number of hydrogen-bond acceptors (Lipinski definition) is 5. The number of esters is 1. The second-order valence-corrected chi connectivity index (χ2v) is 7.33. The third kappa shape index (κ3) is 4.70. The van der Waals surface area contributed by atoms with Crippen molar-refractivity contribution in [2.24, 2.45) is 0 Å². The molecule has 30 heavy (non-hydrogen) atoms. The molecule has 0 saturated carbocycles. The Morgan fingerprint density at radius 1 is 1.20 bits per heavy atom. The van der Waals surface area contributed by atoms with Crippen LogP contribution in [0.5, 0.6) is 0 Å². The highest BCUT2D eigenvalue weighted by Crippen LogP contribution is 2.21. The van der Waals surface area contributed by atoms with E-state index in [0.29, 0.717) is 12.2 Å². The van der Waals surface area contributed by atoms with Crippen molar-refractivity contribution in [3.63, 3.8) is 0 Å². The number of carbonyl (C=O) groups is 2. The molecule has 158 valence electrons. The van der Waals surface area contributed by atoms with Crippen LogP contribution in [0.25, 0.3) is 11.5 Å². The minimum atomic E-state index is -0.831. The van der Waals surface area contributed by atoms with E-state index in [1.807, 2.05) is 6.26 Å². The van der Waals surface area contributed by atoms with Crippen LogP contribution in [0.3, 0.4) is 0 Å². The lowest BCUT2D eigenvalue weighted by atomic mass is 10.2. The average Bonchev–Trinajstić information content (AvgIpc) is 3.38. The summed E-state index contributed by atoms with van der Waals surface area (Å²) < 4.78 is 35.1. The number of nitrogens with zero attached hydrogens (tertiary/aromatic N) is 3. The van der Waals surface area contributed by atoms with Crippen molar-refractivity contribution in [3.05, 3.63) is 66.1 Å². The Morgan fingerprint density at radius 3 is 2.47 bits per heavy atom. The van der Waals surface area contributed by atoms with Gasteiger partial charge in [-0.3, -0.25) is 4.79 Å². The highest BCUT2D eigenvalue weighted by atomic mass is 32.2. The Hall–Kier alpha value is -3.14. The maximum absolute atomic E-state index is 13.8. The molecule has 3 aromatic rings. The van der Waals surface area contributed by atoms with Gasteiger partial charge < -0.3 is 14.6 Å². The van der Waals surface area contributed by atoms with Crippen molar-refractivity contribution in [1.82, 2.24) is 19.7 Å². The standard InChI is InChI=1S/C20H20F2N4O3S/c1-29-20(28)17(5-8-30-2)24-18(27)16-12-23-26(19(16)25-6-3-4-7-25)15-10-13(21)9-14(22)11-15/h3-4,6-7,9-12,17H,5,8H2,1-2H3,(H,24,27). The molecule has 7 nitrogen and oxygen atoms in total. The summed E-state index contributed by atoms with van der Waals surface area (Å²) in [6.07, 6.45) is 6.91. The van der Waals surface area contributed by atoms with Gasteiger partial charge in [-0.05, 0) is 42.7 Å². The first-order valence-corrected chi connectivity index (χ1v) is 10.4. The molecule has 2 heterocycles. The number of ether oxygens (including phenoxy) is 1. The number of amides is 1. The summed E-state index contributed by atoms with van der Waals surface area (Å²) in [5, 5.41) is 6.83. The van der Waals surface area contributed by atoms with E-state index in [0.717, 1.165) is 18.2 Å². The van der Waals surface area contributed by atoms with Crippen molar-refractivity contribution in [2.75, 3.05) is 19.1 Å². The fraction of sp³-hybridized carbons (Fsp3) is 0.250. The molecule has 0 bridgehead atoms. The predicted molar refractivity (Wildman–Crippen MR) is 109 cm³/mol. The van der Waals surface area contributed by atoms with Gasteiger partial charge in [-0.1, -0.05) is 0 Å². The fourth-order valence-corrected chi connectivity index (χ4v) is 3.41. The summed E-state index contributed by atoms with van der Waals surface area (Å²) >= 11 is 1.54. The first-order valence-electron chi connectivity index (χ1n) is 9.00. The quantitative estimate of drug-likeness (QED) is 0.552. The molecule has 1 amide bonds. The van der Waals surface area contributed by atoms with Crippen LogP contribution in [0.1, 0.15) is 16.8 Å². The first kappa shape index (κ1) is 21.6. The Labute approximate surface area is 176 Å². The Morgan fingerprint density at radius 2 is 1.87 bits per heavy atom. The number of rotatable bonds is 8. The zero-order valence-corrected chi connectivity index (χ0v) is 17.2. The summed E-state index contributed by atoms with van der Waals surface area (Å²) in [5.74, 6) is -1.74. The summed E-state index contributed by atoms with van der Waals surface area (Å²) in [6, 6.07) is 5.62. The molecule has 1 atom stereocenters. The van der Waals surface area contributed by atoms with Crippen molar-refractivity contribution < 1.29 is 23.1 Å². The molecule has 1 unspecified atom stereocenters. The van der Waals surface area contributed by atoms with Crippen LogP contribution in [0.4, 0.5) is 8.78 Å². The maximum Gasteiger partial charge on any atom is 0.328 e. The van der Waals surface area contributed by atoms with Gasteiger partial charge in [-0.2, -0.15) is 16.9 Å². The third-order valence-electron chi connectivity index (χ3n) is 4.33. The summed E-state index contributed by atoms with van der Waals surface area (Å²) in [5.41, 5.74) is 0.246. The lowest BCUT2D eigenvalue weighted by Crippen LogP contribution is -2.42. The first-order chi connectivity index (χ1) is 14.4. The molecule has 10 heteroatoms. The van der Waals surface area contributed by atoms with Gasteiger partial charge in [0.25, 0.3) is 5.91 Å². The highest BCUT2D eigenvalue weighted by molar-refractivity contribution is 7.98. The second-order valence-electron chi connectivity index (χ2n) is 6.34. The van der Waals surface area contributed by atoms with Gasteiger partial charge in [0.2, 0.25) is 0 Å². The van der Waals surface area contributed by atoms with Crippen molar-refractivity contribution in [3.8, 4) is 11.5 Å². The molecule has 0 saturated heterocycles. The SMILES string of the molecule is COC(=O)C(CCSC)NC(=O)c1cnn(-c2cc(F)cc(F)c2)c1-n1cccc1. The van der Waals surface area contributed by atoms with E-state index in [1.165, 1.54) is 29.8 Å². The van der Waals surface area contributed by atoms with Crippen LogP contribution in [-0.2, 0) is 9.53 Å². The van der Waals surface area contributed by atoms with Crippen molar-refractivity contribution in [1.29, 1.82) is 0 Å². The monoisotopic (exact) mass is 434 g/mol. The molecule has 0 spiro atoms. The van der Waals surface area contributed by atoms with Crippen molar-refractivity contribution >= 4 is 23.6 Å². The molecule has 0 aliphatic carbocycles. The van der Waals surface area contributed by atoms with Crippen LogP contribution in [0.15, 0.2) is 48.9 Å². The molecule has 0 fully saturated rings. The molecule has 0 aliphatic heterocycles. The molecule has 0 radical (unpaired) electrons. The molecule has 3 rings (SSSR count). The van der Waals surface area contributed by atoms with E-state index in [9.17, 15) is 18.4 Å². The number of nitrogens with one attached hydrogen (secondary N) is 1. The van der Waals surface area contributed by atoms with Gasteiger partial charge in [0, 0.05) is 18.5 Å². The zero-order valence-electron chi connectivity index (χ0n) is 16.3. The minimum absolute atomic E-state index is 0.113. The predicted octanol–water partition coefficient (Wildman–Crippen LogP) is 2.97. The fourth-order valence-electron chi connectivity index (χ4n) is 2.94. The maximum atomic E-state index is 13.8. The summed E-state index contributed by atoms with van der Waals surface area (Å²) in [6.45, 7) is 0. The lowest BCUT2D eigenvalue weighted by molar-refractivity contribution is -0.142. The normalized spacial score (nSPS) is 11.9. The van der Waals surface area contributed by atoms with Crippen LogP contribution >= 0.6 is 11.8 Å². The molecule has 1 N–H and O–H groups in total. The van der Waals surface area contributed by atoms with Gasteiger partial charge in [0.15, 0.2) is 5.82 Å². The van der Waals surface area contributed by atoms with Gasteiger partial charge in [-0.25, -0.2) is 18.3 Å². The number of methoxy groups -OCH3 is 1. The Kier molecular flexibility index (Phi) is 6.88. The number of benzene rings is 1. The number of hydrogen-bond donors (Lipinski definition) is 1. The number of thioether (sulfide) groups is 1. The van der Waals surface area contributed by atoms with Gasteiger partial charge in [0.05, 0.1) is 19.0 Å².